The number of hydrogen-bond donors (Lipinski definition) is 0. The van der Waals surface area contributed by atoms with Gasteiger partial charge in [-0.3, -0.25) is 0 Å². The number of nitrogens with zero attached hydrogens (tertiary/aromatic N) is 2. The largest absolute Gasteiger partial charge is 0.310 e. The fourth-order valence-corrected chi connectivity index (χ4v) is 8.57. The Morgan fingerprint density at radius 1 is 0.286 bits per heavy atom. The van der Waals surface area contributed by atoms with Gasteiger partial charge in [-0.1, -0.05) is 152 Å². The molecule has 0 aliphatic rings. The molecule has 0 saturated heterocycles. The van der Waals surface area contributed by atoms with Crippen LogP contribution in [0, 0.1) is 0 Å². The van der Waals surface area contributed by atoms with Gasteiger partial charge in [0, 0.05) is 33.5 Å². The summed E-state index contributed by atoms with van der Waals surface area (Å²) in [6.07, 6.45) is 0. The van der Waals surface area contributed by atoms with E-state index in [9.17, 15) is 0 Å². The zero-order valence-electron chi connectivity index (χ0n) is 30.7. The van der Waals surface area contributed by atoms with Gasteiger partial charge < -0.3 is 9.47 Å². The third-order valence-electron chi connectivity index (χ3n) is 11.3. The molecule has 56 heavy (non-hydrogen) atoms. The second kappa shape index (κ2) is 13.2. The molecule has 0 spiro atoms. The second-order valence-electron chi connectivity index (χ2n) is 14.6. The van der Waals surface area contributed by atoms with E-state index in [-0.39, 0.29) is 0 Å². The molecule has 0 aliphatic carbocycles. The first-order chi connectivity index (χ1) is 27.7. The van der Waals surface area contributed by atoms with Crippen LogP contribution in [-0.2, 0) is 0 Å². The molecule has 0 bridgehead atoms. The van der Waals surface area contributed by atoms with Crippen LogP contribution >= 0.6 is 0 Å². The van der Waals surface area contributed by atoms with Gasteiger partial charge in [-0.05, 0) is 121 Å². The quantitative estimate of drug-likeness (QED) is 0.167. The van der Waals surface area contributed by atoms with E-state index in [0.29, 0.717) is 0 Å². The van der Waals surface area contributed by atoms with Gasteiger partial charge in [0.05, 0.1) is 11.0 Å². The minimum absolute atomic E-state index is 1.11. The first-order valence-electron chi connectivity index (χ1n) is 19.3. The molecular formula is C54H36N2. The summed E-state index contributed by atoms with van der Waals surface area (Å²) >= 11 is 0. The maximum absolute atomic E-state index is 2.42. The van der Waals surface area contributed by atoms with Crippen molar-refractivity contribution in [3.05, 3.63) is 218 Å². The Hall–Kier alpha value is -7.42. The lowest BCUT2D eigenvalue weighted by Crippen LogP contribution is -2.09. The lowest BCUT2D eigenvalue weighted by Gasteiger charge is -2.26. The van der Waals surface area contributed by atoms with Gasteiger partial charge in [0.15, 0.2) is 0 Å². The van der Waals surface area contributed by atoms with Crippen LogP contribution in [0.1, 0.15) is 0 Å². The monoisotopic (exact) mass is 712 g/mol. The molecule has 0 radical (unpaired) electrons. The highest BCUT2D eigenvalue weighted by molar-refractivity contribution is 6.21. The predicted octanol–water partition coefficient (Wildman–Crippen LogP) is 15.0. The van der Waals surface area contributed by atoms with Gasteiger partial charge in [0.25, 0.3) is 0 Å². The van der Waals surface area contributed by atoms with Crippen molar-refractivity contribution in [2.45, 2.75) is 0 Å². The average molecular weight is 713 g/mol. The van der Waals surface area contributed by atoms with Crippen molar-refractivity contribution in [2.24, 2.45) is 0 Å². The Morgan fingerprint density at radius 2 is 0.804 bits per heavy atom. The van der Waals surface area contributed by atoms with E-state index in [1.165, 1.54) is 82.1 Å². The number of benzene rings is 10. The minimum Gasteiger partial charge on any atom is -0.310 e. The molecular weight excluding hydrogens is 677 g/mol. The number of para-hydroxylation sites is 1. The van der Waals surface area contributed by atoms with Crippen LogP contribution in [0.25, 0.3) is 82.1 Å². The van der Waals surface area contributed by atoms with Gasteiger partial charge in [-0.25, -0.2) is 0 Å². The number of rotatable bonds is 6. The Kier molecular flexibility index (Phi) is 7.53. The molecule has 0 unspecified atom stereocenters. The number of fused-ring (bicyclic) bond motifs is 7. The molecule has 2 nitrogen and oxygen atoms in total. The Balaban J connectivity index is 0.954. The maximum Gasteiger partial charge on any atom is 0.0547 e. The summed E-state index contributed by atoms with van der Waals surface area (Å²) in [6.45, 7) is 0. The highest BCUT2D eigenvalue weighted by Crippen LogP contribution is 2.40. The van der Waals surface area contributed by atoms with Crippen LogP contribution in [0.15, 0.2) is 218 Å². The van der Waals surface area contributed by atoms with Crippen molar-refractivity contribution in [1.82, 2.24) is 4.57 Å². The molecule has 10 aromatic carbocycles. The summed E-state index contributed by atoms with van der Waals surface area (Å²) in [5, 5.41) is 10.0. The zero-order chi connectivity index (χ0) is 37.0. The van der Waals surface area contributed by atoms with E-state index in [4.69, 9.17) is 0 Å². The van der Waals surface area contributed by atoms with Crippen LogP contribution in [0.2, 0.25) is 0 Å². The summed E-state index contributed by atoms with van der Waals surface area (Å²) < 4.78 is 2.42. The lowest BCUT2D eigenvalue weighted by atomic mass is 10.00. The third-order valence-corrected chi connectivity index (χ3v) is 11.3. The smallest absolute Gasteiger partial charge is 0.0547 e. The maximum atomic E-state index is 2.42. The standard InChI is InChI=1S/C54H36N2/c1-2-10-37(11-3-1)39-20-27-46(28-21-39)55(48-31-24-38-12-4-5-14-42(38)35-48)47-29-22-40(23-30-47)43-18-19-45-36-49(32-25-44(45)34-43)56-52-17-9-8-16-51(52)54-50-15-7-6-13-41(50)26-33-53(54)56/h1-36H. The van der Waals surface area contributed by atoms with E-state index in [2.05, 4.69) is 228 Å². The third kappa shape index (κ3) is 5.42. The van der Waals surface area contributed by atoms with Gasteiger partial charge in [0.1, 0.15) is 0 Å². The van der Waals surface area contributed by atoms with Crippen molar-refractivity contribution in [2.75, 3.05) is 4.90 Å². The SMILES string of the molecule is c1ccc(-c2ccc(N(c3ccc(-c4ccc5cc(-n6c7ccccc7c7c8ccccc8ccc76)ccc5c4)cc3)c3ccc4ccccc4c3)cc2)cc1. The molecule has 0 N–H and O–H groups in total. The van der Waals surface area contributed by atoms with Crippen molar-refractivity contribution in [3.63, 3.8) is 0 Å². The number of hydrogen-bond acceptors (Lipinski definition) is 1. The highest BCUT2D eigenvalue weighted by atomic mass is 15.1. The fraction of sp³-hybridized carbons (Fsp3) is 0. The van der Waals surface area contributed by atoms with E-state index < -0.39 is 0 Å². The van der Waals surface area contributed by atoms with E-state index in [1.54, 1.807) is 0 Å². The van der Waals surface area contributed by atoms with Gasteiger partial charge >= 0.3 is 0 Å². The van der Waals surface area contributed by atoms with Crippen LogP contribution in [0.4, 0.5) is 17.1 Å². The lowest BCUT2D eigenvalue weighted by molar-refractivity contribution is 1.19. The number of anilines is 3. The number of aromatic nitrogens is 1. The first kappa shape index (κ1) is 32.0. The van der Waals surface area contributed by atoms with E-state index in [1.807, 2.05) is 0 Å². The summed E-state index contributed by atoms with van der Waals surface area (Å²) in [4.78, 5) is 2.35. The summed E-state index contributed by atoms with van der Waals surface area (Å²) in [6, 6.07) is 79.4. The molecule has 0 amide bonds. The predicted molar refractivity (Wildman–Crippen MR) is 239 cm³/mol. The Bertz CT molecular complexity index is 3230. The van der Waals surface area contributed by atoms with Crippen molar-refractivity contribution >= 4 is 71.2 Å². The van der Waals surface area contributed by atoms with E-state index >= 15 is 0 Å². The van der Waals surface area contributed by atoms with E-state index in [0.717, 1.165) is 17.1 Å². The van der Waals surface area contributed by atoms with Gasteiger partial charge in [-0.2, -0.15) is 0 Å². The second-order valence-corrected chi connectivity index (χ2v) is 14.6. The molecule has 11 aromatic rings. The molecule has 0 fully saturated rings. The Labute approximate surface area is 325 Å². The topological polar surface area (TPSA) is 8.17 Å². The molecule has 11 rings (SSSR count). The normalized spacial score (nSPS) is 11.6. The molecule has 0 saturated carbocycles. The summed E-state index contributed by atoms with van der Waals surface area (Å²) in [5.74, 6) is 0. The van der Waals surface area contributed by atoms with Gasteiger partial charge in [0.2, 0.25) is 0 Å². The van der Waals surface area contributed by atoms with Crippen LogP contribution < -0.4 is 4.90 Å². The first-order valence-corrected chi connectivity index (χ1v) is 19.3. The van der Waals surface area contributed by atoms with Crippen LogP contribution in [0.3, 0.4) is 0 Å². The summed E-state index contributed by atoms with van der Waals surface area (Å²) in [7, 11) is 0. The van der Waals surface area contributed by atoms with Crippen molar-refractivity contribution < 1.29 is 0 Å². The minimum atomic E-state index is 1.11. The molecule has 0 aliphatic heterocycles. The van der Waals surface area contributed by atoms with Crippen LogP contribution in [-0.4, -0.2) is 4.57 Å². The van der Waals surface area contributed by atoms with Crippen LogP contribution in [0.5, 0.6) is 0 Å². The zero-order valence-corrected chi connectivity index (χ0v) is 30.7. The van der Waals surface area contributed by atoms with Gasteiger partial charge in [-0.15, -0.1) is 0 Å². The summed E-state index contributed by atoms with van der Waals surface area (Å²) in [5.41, 5.74) is 11.8. The highest BCUT2D eigenvalue weighted by Gasteiger charge is 2.16. The Morgan fingerprint density at radius 3 is 1.59 bits per heavy atom. The van der Waals surface area contributed by atoms with Crippen molar-refractivity contribution in [1.29, 1.82) is 0 Å². The fourth-order valence-electron chi connectivity index (χ4n) is 8.57. The molecule has 2 heteroatoms. The average Bonchev–Trinajstić information content (AvgIpc) is 3.62. The molecule has 1 aromatic heterocycles. The molecule has 262 valence electrons. The molecule has 0 atom stereocenters. The molecule has 1 heterocycles. The van der Waals surface area contributed by atoms with Crippen molar-refractivity contribution in [3.8, 4) is 27.9 Å².